The highest BCUT2D eigenvalue weighted by Crippen LogP contribution is 2.15. The standard InChI is InChI=1S/C11H21NS/c1-10(2)4-5-12-6-7-13-9-11(3)8-12/h11H,1,4-9H2,2-3H3. The van der Waals surface area contributed by atoms with Gasteiger partial charge in [-0.15, -0.1) is 6.58 Å². The number of hydrogen-bond donors (Lipinski definition) is 0. The molecule has 1 aliphatic rings. The molecule has 1 heterocycles. The molecule has 13 heavy (non-hydrogen) atoms. The average molecular weight is 199 g/mol. The third-order valence-electron chi connectivity index (χ3n) is 2.38. The van der Waals surface area contributed by atoms with E-state index < -0.39 is 0 Å². The van der Waals surface area contributed by atoms with Crippen LogP contribution in [0.2, 0.25) is 0 Å². The Bertz CT molecular complexity index is 167. The zero-order valence-electron chi connectivity index (χ0n) is 8.88. The van der Waals surface area contributed by atoms with Gasteiger partial charge in [-0.2, -0.15) is 11.8 Å². The molecule has 0 saturated carbocycles. The molecule has 0 aromatic rings. The molecule has 2 heteroatoms. The van der Waals surface area contributed by atoms with Crippen molar-refractivity contribution < 1.29 is 0 Å². The van der Waals surface area contributed by atoms with Crippen LogP contribution in [0.1, 0.15) is 20.3 Å². The SMILES string of the molecule is C=C(C)CCN1CCSCC(C)C1. The van der Waals surface area contributed by atoms with Crippen LogP contribution in [0.15, 0.2) is 12.2 Å². The van der Waals surface area contributed by atoms with Gasteiger partial charge in [-0.05, 0) is 25.0 Å². The third kappa shape index (κ3) is 4.72. The van der Waals surface area contributed by atoms with Gasteiger partial charge in [-0.25, -0.2) is 0 Å². The zero-order chi connectivity index (χ0) is 9.68. The van der Waals surface area contributed by atoms with Crippen molar-refractivity contribution in [2.24, 2.45) is 5.92 Å². The van der Waals surface area contributed by atoms with Gasteiger partial charge in [0.2, 0.25) is 0 Å². The molecule has 76 valence electrons. The second-order valence-electron chi connectivity index (χ2n) is 4.19. The number of thioether (sulfide) groups is 1. The van der Waals surface area contributed by atoms with Crippen molar-refractivity contribution >= 4 is 11.8 Å². The molecular weight excluding hydrogens is 178 g/mol. The molecule has 0 aromatic carbocycles. The predicted octanol–water partition coefficient (Wildman–Crippen LogP) is 2.64. The Hall–Kier alpha value is 0.0500. The molecule has 1 aliphatic heterocycles. The summed E-state index contributed by atoms with van der Waals surface area (Å²) in [6.45, 7) is 12.2. The van der Waals surface area contributed by atoms with Crippen LogP contribution in [-0.4, -0.2) is 36.0 Å². The molecule has 1 atom stereocenters. The molecule has 1 saturated heterocycles. The average Bonchev–Trinajstić information content (AvgIpc) is 2.26. The summed E-state index contributed by atoms with van der Waals surface area (Å²) < 4.78 is 0. The van der Waals surface area contributed by atoms with Crippen LogP contribution in [0.3, 0.4) is 0 Å². The molecule has 1 nitrogen and oxygen atoms in total. The van der Waals surface area contributed by atoms with Crippen LogP contribution in [0.4, 0.5) is 0 Å². The molecule has 0 radical (unpaired) electrons. The number of nitrogens with zero attached hydrogens (tertiary/aromatic N) is 1. The molecular formula is C11H21NS. The first-order valence-electron chi connectivity index (χ1n) is 5.13. The topological polar surface area (TPSA) is 3.24 Å². The summed E-state index contributed by atoms with van der Waals surface area (Å²) >= 11 is 2.10. The fourth-order valence-corrected chi connectivity index (χ4v) is 2.68. The summed E-state index contributed by atoms with van der Waals surface area (Å²) in [7, 11) is 0. The van der Waals surface area contributed by atoms with Gasteiger partial charge < -0.3 is 4.90 Å². The summed E-state index contributed by atoms with van der Waals surface area (Å²) in [4.78, 5) is 2.58. The van der Waals surface area contributed by atoms with Gasteiger partial charge in [-0.1, -0.05) is 12.5 Å². The molecule has 1 fully saturated rings. The Balaban J connectivity index is 2.26. The second-order valence-corrected chi connectivity index (χ2v) is 5.34. The number of rotatable bonds is 3. The van der Waals surface area contributed by atoms with Crippen molar-refractivity contribution in [3.63, 3.8) is 0 Å². The van der Waals surface area contributed by atoms with Gasteiger partial charge >= 0.3 is 0 Å². The quantitative estimate of drug-likeness (QED) is 0.643. The van der Waals surface area contributed by atoms with E-state index in [1.807, 2.05) is 0 Å². The van der Waals surface area contributed by atoms with Crippen molar-refractivity contribution in [1.82, 2.24) is 4.90 Å². The van der Waals surface area contributed by atoms with Crippen LogP contribution in [-0.2, 0) is 0 Å². The van der Waals surface area contributed by atoms with Gasteiger partial charge in [0.15, 0.2) is 0 Å². The Morgan fingerprint density at radius 3 is 3.08 bits per heavy atom. The Labute approximate surface area is 86.6 Å². The lowest BCUT2D eigenvalue weighted by Crippen LogP contribution is -2.30. The minimum atomic E-state index is 0.859. The van der Waals surface area contributed by atoms with E-state index in [0.29, 0.717) is 0 Å². The predicted molar refractivity (Wildman–Crippen MR) is 62.4 cm³/mol. The van der Waals surface area contributed by atoms with E-state index >= 15 is 0 Å². The van der Waals surface area contributed by atoms with Crippen molar-refractivity contribution in [3.8, 4) is 0 Å². The summed E-state index contributed by atoms with van der Waals surface area (Å²) in [5, 5.41) is 0. The van der Waals surface area contributed by atoms with Crippen LogP contribution < -0.4 is 0 Å². The minimum Gasteiger partial charge on any atom is -0.302 e. The van der Waals surface area contributed by atoms with Gasteiger partial charge in [0.1, 0.15) is 0 Å². The van der Waals surface area contributed by atoms with Crippen LogP contribution >= 0.6 is 11.8 Å². The molecule has 1 rings (SSSR count). The minimum absolute atomic E-state index is 0.859. The first-order chi connectivity index (χ1) is 6.18. The van der Waals surface area contributed by atoms with E-state index in [1.165, 1.54) is 36.7 Å². The lowest BCUT2D eigenvalue weighted by atomic mass is 10.2. The summed E-state index contributed by atoms with van der Waals surface area (Å²) in [5.41, 5.74) is 1.31. The normalized spacial score (nSPS) is 25.5. The van der Waals surface area contributed by atoms with Gasteiger partial charge in [0.05, 0.1) is 0 Å². The monoisotopic (exact) mass is 199 g/mol. The van der Waals surface area contributed by atoms with Gasteiger partial charge in [0, 0.05) is 25.4 Å². The second kappa shape index (κ2) is 5.71. The smallest absolute Gasteiger partial charge is 0.00726 e. The van der Waals surface area contributed by atoms with E-state index in [9.17, 15) is 0 Å². The zero-order valence-corrected chi connectivity index (χ0v) is 9.70. The Morgan fingerprint density at radius 1 is 1.62 bits per heavy atom. The van der Waals surface area contributed by atoms with E-state index in [-0.39, 0.29) is 0 Å². The molecule has 1 unspecified atom stereocenters. The van der Waals surface area contributed by atoms with Crippen LogP contribution in [0, 0.1) is 5.92 Å². The first-order valence-corrected chi connectivity index (χ1v) is 6.28. The largest absolute Gasteiger partial charge is 0.302 e. The molecule has 0 spiro atoms. The van der Waals surface area contributed by atoms with E-state index in [0.717, 1.165) is 12.3 Å². The highest BCUT2D eigenvalue weighted by Gasteiger charge is 2.13. The maximum atomic E-state index is 3.95. The lowest BCUT2D eigenvalue weighted by molar-refractivity contribution is 0.268. The van der Waals surface area contributed by atoms with Gasteiger partial charge in [-0.3, -0.25) is 0 Å². The fourth-order valence-electron chi connectivity index (χ4n) is 1.61. The van der Waals surface area contributed by atoms with E-state index in [2.05, 4.69) is 37.1 Å². The van der Waals surface area contributed by atoms with Crippen molar-refractivity contribution in [2.45, 2.75) is 20.3 Å². The molecule has 0 N–H and O–H groups in total. The van der Waals surface area contributed by atoms with E-state index in [4.69, 9.17) is 0 Å². The Morgan fingerprint density at radius 2 is 2.38 bits per heavy atom. The maximum Gasteiger partial charge on any atom is 0.00726 e. The summed E-state index contributed by atoms with van der Waals surface area (Å²) in [6, 6.07) is 0. The third-order valence-corrected chi connectivity index (χ3v) is 3.65. The van der Waals surface area contributed by atoms with Crippen molar-refractivity contribution in [1.29, 1.82) is 0 Å². The van der Waals surface area contributed by atoms with E-state index in [1.54, 1.807) is 0 Å². The molecule has 0 bridgehead atoms. The van der Waals surface area contributed by atoms with Crippen LogP contribution in [0.25, 0.3) is 0 Å². The highest BCUT2D eigenvalue weighted by molar-refractivity contribution is 7.99. The molecule has 0 amide bonds. The van der Waals surface area contributed by atoms with Crippen molar-refractivity contribution in [2.75, 3.05) is 31.1 Å². The summed E-state index contributed by atoms with van der Waals surface area (Å²) in [6.07, 6.45) is 1.16. The Kier molecular flexibility index (Phi) is 4.89. The van der Waals surface area contributed by atoms with Crippen molar-refractivity contribution in [3.05, 3.63) is 12.2 Å². The molecule has 0 aromatic heterocycles. The maximum absolute atomic E-state index is 3.95. The first kappa shape index (κ1) is 11.1. The van der Waals surface area contributed by atoms with Gasteiger partial charge in [0.25, 0.3) is 0 Å². The summed E-state index contributed by atoms with van der Waals surface area (Å²) in [5.74, 6) is 3.50. The molecule has 0 aliphatic carbocycles. The van der Waals surface area contributed by atoms with Crippen LogP contribution in [0.5, 0.6) is 0 Å². The number of hydrogen-bond acceptors (Lipinski definition) is 2. The highest BCUT2D eigenvalue weighted by atomic mass is 32.2. The fraction of sp³-hybridized carbons (Fsp3) is 0.818. The lowest BCUT2D eigenvalue weighted by Gasteiger charge is -2.21.